The predicted octanol–water partition coefficient (Wildman–Crippen LogP) is 3.35. The minimum Gasteiger partial charge on any atom is -0.307 e. The van der Waals surface area contributed by atoms with Crippen molar-refractivity contribution in [2.24, 2.45) is 12.5 Å². The molecule has 1 aliphatic rings. The third-order valence-electron chi connectivity index (χ3n) is 4.21. The van der Waals surface area contributed by atoms with E-state index in [1.165, 1.54) is 31.2 Å². The van der Waals surface area contributed by atoms with Gasteiger partial charge in [-0.05, 0) is 38.5 Å². The second kappa shape index (κ2) is 5.04. The highest BCUT2D eigenvalue weighted by Gasteiger charge is 2.29. The summed E-state index contributed by atoms with van der Waals surface area (Å²) < 4.78 is 1.91. The molecule has 2 atom stereocenters. The van der Waals surface area contributed by atoms with E-state index in [9.17, 15) is 0 Å². The molecule has 0 aliphatic heterocycles. The first-order valence-corrected chi connectivity index (χ1v) is 7.13. The molecule has 1 fully saturated rings. The molecule has 1 saturated carbocycles. The van der Waals surface area contributed by atoms with Gasteiger partial charge in [-0.15, -0.1) is 0 Å². The molecule has 0 saturated heterocycles. The molecule has 2 unspecified atom stereocenters. The Morgan fingerprint density at radius 1 is 1.50 bits per heavy atom. The van der Waals surface area contributed by atoms with Crippen molar-refractivity contribution in [3.05, 3.63) is 17.5 Å². The maximum absolute atomic E-state index is 4.43. The van der Waals surface area contributed by atoms with Crippen LogP contribution in [0.1, 0.15) is 63.8 Å². The average Bonchev–Trinajstić information content (AvgIpc) is 2.56. The fourth-order valence-electron chi connectivity index (χ4n) is 3.33. The van der Waals surface area contributed by atoms with Crippen molar-refractivity contribution < 1.29 is 0 Å². The zero-order valence-electron chi connectivity index (χ0n) is 12.5. The molecule has 1 aromatic rings. The van der Waals surface area contributed by atoms with Crippen LogP contribution in [0.2, 0.25) is 0 Å². The zero-order valence-corrected chi connectivity index (χ0v) is 12.5. The fourth-order valence-corrected chi connectivity index (χ4v) is 3.33. The van der Waals surface area contributed by atoms with Gasteiger partial charge < -0.3 is 5.32 Å². The lowest BCUT2D eigenvalue weighted by Gasteiger charge is -2.37. The summed E-state index contributed by atoms with van der Waals surface area (Å²) in [5.41, 5.74) is 2.98. The van der Waals surface area contributed by atoms with Gasteiger partial charge in [0.2, 0.25) is 0 Å². The lowest BCUT2D eigenvalue weighted by Crippen LogP contribution is -2.38. The molecule has 0 amide bonds. The number of rotatable bonds is 3. The molecule has 0 aromatic carbocycles. The van der Waals surface area contributed by atoms with Crippen molar-refractivity contribution >= 4 is 0 Å². The number of nitrogens with zero attached hydrogens (tertiary/aromatic N) is 2. The van der Waals surface area contributed by atoms with E-state index >= 15 is 0 Å². The zero-order chi connectivity index (χ0) is 13.3. The summed E-state index contributed by atoms with van der Waals surface area (Å²) >= 11 is 0. The highest BCUT2D eigenvalue weighted by molar-refractivity contribution is 5.19. The van der Waals surface area contributed by atoms with Crippen LogP contribution in [-0.2, 0) is 7.05 Å². The van der Waals surface area contributed by atoms with Gasteiger partial charge in [-0.2, -0.15) is 5.10 Å². The van der Waals surface area contributed by atoms with Gasteiger partial charge in [0.15, 0.2) is 0 Å². The molecule has 1 N–H and O–H groups in total. The number of hydrogen-bond acceptors (Lipinski definition) is 2. The Balaban J connectivity index is 1.99. The van der Waals surface area contributed by atoms with E-state index in [1.54, 1.807) is 0 Å². The lowest BCUT2D eigenvalue weighted by molar-refractivity contribution is 0.191. The fraction of sp³-hybridized carbons (Fsp3) is 0.800. The molecule has 2 rings (SSSR count). The molecule has 3 nitrogen and oxygen atoms in total. The van der Waals surface area contributed by atoms with Gasteiger partial charge in [-0.1, -0.05) is 20.3 Å². The van der Waals surface area contributed by atoms with E-state index in [-0.39, 0.29) is 0 Å². The molecule has 1 aromatic heterocycles. The number of nitrogens with one attached hydrogen (secondary N) is 1. The second-order valence-corrected chi connectivity index (χ2v) is 6.69. The second-order valence-electron chi connectivity index (χ2n) is 6.69. The first-order valence-electron chi connectivity index (χ1n) is 7.13. The van der Waals surface area contributed by atoms with Crippen LogP contribution in [-0.4, -0.2) is 15.8 Å². The van der Waals surface area contributed by atoms with Gasteiger partial charge in [0.1, 0.15) is 0 Å². The highest BCUT2D eigenvalue weighted by atomic mass is 15.3. The maximum atomic E-state index is 4.43. The topological polar surface area (TPSA) is 29.9 Å². The number of aryl methyl sites for hydroxylation is 2. The van der Waals surface area contributed by atoms with Crippen molar-refractivity contribution in [1.82, 2.24) is 15.1 Å². The Kier molecular flexibility index (Phi) is 3.81. The van der Waals surface area contributed by atoms with Gasteiger partial charge in [-0.25, -0.2) is 0 Å². The van der Waals surface area contributed by atoms with Crippen LogP contribution in [0.25, 0.3) is 0 Å². The Hall–Kier alpha value is -0.830. The summed E-state index contributed by atoms with van der Waals surface area (Å²) in [5, 5.41) is 8.22. The molecule has 18 heavy (non-hydrogen) atoms. The van der Waals surface area contributed by atoms with Crippen LogP contribution >= 0.6 is 0 Å². The molecule has 102 valence electrons. The summed E-state index contributed by atoms with van der Waals surface area (Å²) in [4.78, 5) is 0. The van der Waals surface area contributed by atoms with Gasteiger partial charge in [0.25, 0.3) is 0 Å². The van der Waals surface area contributed by atoms with E-state index in [0.717, 1.165) is 5.69 Å². The molecule has 1 aliphatic carbocycles. The van der Waals surface area contributed by atoms with Crippen LogP contribution in [0.15, 0.2) is 6.20 Å². The van der Waals surface area contributed by atoms with E-state index in [1.807, 2.05) is 11.7 Å². The van der Waals surface area contributed by atoms with Crippen molar-refractivity contribution in [1.29, 1.82) is 0 Å². The standard InChI is InChI=1S/C15H27N3/c1-11(14-10-18(5)17-12(14)2)16-13-7-6-8-15(3,4)9-13/h10-11,13,16H,6-9H2,1-5H3. The van der Waals surface area contributed by atoms with Crippen LogP contribution in [0.3, 0.4) is 0 Å². The van der Waals surface area contributed by atoms with Crippen LogP contribution in [0, 0.1) is 12.3 Å². The van der Waals surface area contributed by atoms with Crippen molar-refractivity contribution in [2.45, 2.75) is 65.5 Å². The predicted molar refractivity (Wildman–Crippen MR) is 75.5 cm³/mol. The minimum absolute atomic E-state index is 0.401. The van der Waals surface area contributed by atoms with Crippen LogP contribution in [0.4, 0.5) is 0 Å². The largest absolute Gasteiger partial charge is 0.307 e. The van der Waals surface area contributed by atoms with E-state index in [0.29, 0.717) is 17.5 Å². The monoisotopic (exact) mass is 249 g/mol. The van der Waals surface area contributed by atoms with Gasteiger partial charge in [0, 0.05) is 30.9 Å². The van der Waals surface area contributed by atoms with Crippen molar-refractivity contribution in [3.8, 4) is 0 Å². The number of hydrogen-bond donors (Lipinski definition) is 1. The summed E-state index contributed by atoms with van der Waals surface area (Å²) in [6.07, 6.45) is 7.46. The van der Waals surface area contributed by atoms with Crippen LogP contribution < -0.4 is 5.32 Å². The van der Waals surface area contributed by atoms with Gasteiger partial charge >= 0.3 is 0 Å². The number of aromatic nitrogens is 2. The van der Waals surface area contributed by atoms with E-state index < -0.39 is 0 Å². The first kappa shape index (κ1) is 13.6. The normalized spacial score (nSPS) is 25.1. The Labute approximate surface area is 111 Å². The van der Waals surface area contributed by atoms with Gasteiger partial charge in [-0.3, -0.25) is 4.68 Å². The van der Waals surface area contributed by atoms with Crippen molar-refractivity contribution in [3.63, 3.8) is 0 Å². The maximum Gasteiger partial charge on any atom is 0.0641 e. The lowest BCUT2D eigenvalue weighted by atomic mass is 9.75. The summed E-state index contributed by atoms with van der Waals surface area (Å²) in [5.74, 6) is 0. The summed E-state index contributed by atoms with van der Waals surface area (Å²) in [6.45, 7) is 9.13. The summed E-state index contributed by atoms with van der Waals surface area (Å²) in [7, 11) is 1.99. The Morgan fingerprint density at radius 2 is 2.22 bits per heavy atom. The molecular weight excluding hydrogens is 222 g/mol. The summed E-state index contributed by atoms with van der Waals surface area (Å²) in [6, 6.07) is 1.06. The smallest absolute Gasteiger partial charge is 0.0641 e. The van der Waals surface area contributed by atoms with E-state index in [2.05, 4.69) is 44.3 Å². The third-order valence-corrected chi connectivity index (χ3v) is 4.21. The van der Waals surface area contributed by atoms with Gasteiger partial charge in [0.05, 0.1) is 5.69 Å². The third kappa shape index (κ3) is 3.14. The first-order chi connectivity index (χ1) is 8.37. The molecule has 0 bridgehead atoms. The van der Waals surface area contributed by atoms with E-state index in [4.69, 9.17) is 0 Å². The SMILES string of the molecule is Cc1nn(C)cc1C(C)NC1CCCC(C)(C)C1. The molecule has 1 heterocycles. The highest BCUT2D eigenvalue weighted by Crippen LogP contribution is 2.36. The minimum atomic E-state index is 0.401. The molecule has 3 heteroatoms. The molecule has 0 radical (unpaired) electrons. The molecule has 0 spiro atoms. The molecular formula is C15H27N3. The Morgan fingerprint density at radius 3 is 2.78 bits per heavy atom. The van der Waals surface area contributed by atoms with Crippen molar-refractivity contribution in [2.75, 3.05) is 0 Å². The van der Waals surface area contributed by atoms with Crippen LogP contribution in [0.5, 0.6) is 0 Å². The Bertz CT molecular complexity index is 406. The quantitative estimate of drug-likeness (QED) is 0.890. The average molecular weight is 249 g/mol.